The van der Waals surface area contributed by atoms with Gasteiger partial charge in [0.2, 0.25) is 5.91 Å². The summed E-state index contributed by atoms with van der Waals surface area (Å²) in [6.45, 7) is 8.48. The molecule has 0 aromatic heterocycles. The van der Waals surface area contributed by atoms with Gasteiger partial charge in [-0.3, -0.25) is 4.79 Å². The molecule has 2 unspecified atom stereocenters. The van der Waals surface area contributed by atoms with E-state index < -0.39 is 0 Å². The molecular formula is C12H27Cl2N3O2. The van der Waals surface area contributed by atoms with Crippen molar-refractivity contribution in [1.29, 1.82) is 0 Å². The summed E-state index contributed by atoms with van der Waals surface area (Å²) >= 11 is 0. The maximum absolute atomic E-state index is 11.7. The number of nitrogens with one attached hydrogen (secondary N) is 2. The zero-order chi connectivity index (χ0) is 12.7. The van der Waals surface area contributed by atoms with Crippen molar-refractivity contribution in [2.24, 2.45) is 0 Å². The van der Waals surface area contributed by atoms with Crippen LogP contribution in [0.2, 0.25) is 0 Å². The van der Waals surface area contributed by atoms with Gasteiger partial charge in [0, 0.05) is 19.6 Å². The van der Waals surface area contributed by atoms with Gasteiger partial charge in [-0.05, 0) is 25.9 Å². The summed E-state index contributed by atoms with van der Waals surface area (Å²) in [7, 11) is 0. The Hall–Kier alpha value is -0.0700. The monoisotopic (exact) mass is 315 g/mol. The minimum absolute atomic E-state index is 0. The second kappa shape index (κ2) is 11.7. The first-order valence-corrected chi connectivity index (χ1v) is 6.58. The number of aliphatic hydroxyl groups is 1. The highest BCUT2D eigenvalue weighted by Crippen LogP contribution is 2.05. The summed E-state index contributed by atoms with van der Waals surface area (Å²) in [5, 5.41) is 15.2. The Kier molecular flexibility index (Phi) is 13.1. The summed E-state index contributed by atoms with van der Waals surface area (Å²) in [5.41, 5.74) is 0. The molecule has 0 bridgehead atoms. The Balaban J connectivity index is 0. The SMILES string of the molecule is CCCN(CC)CCNC(=O)C1CC(O)CN1.Cl.Cl. The van der Waals surface area contributed by atoms with Crippen molar-refractivity contribution in [2.75, 3.05) is 32.7 Å². The lowest BCUT2D eigenvalue weighted by molar-refractivity contribution is -0.123. The number of amides is 1. The van der Waals surface area contributed by atoms with Crippen molar-refractivity contribution >= 4 is 30.7 Å². The predicted molar refractivity (Wildman–Crippen MR) is 82.3 cm³/mol. The number of β-amino-alcohol motifs (C(OH)–C–C–N with tert-alkyl or cyclic N) is 1. The van der Waals surface area contributed by atoms with Crippen molar-refractivity contribution in [2.45, 2.75) is 38.8 Å². The molecule has 116 valence electrons. The molecule has 0 aromatic rings. The Labute approximate surface area is 128 Å². The predicted octanol–water partition coefficient (Wildman–Crippen LogP) is 0.401. The van der Waals surface area contributed by atoms with Crippen LogP contribution in [0.15, 0.2) is 0 Å². The summed E-state index contributed by atoms with van der Waals surface area (Å²) in [6.07, 6.45) is 1.29. The van der Waals surface area contributed by atoms with Gasteiger partial charge in [0.25, 0.3) is 0 Å². The lowest BCUT2D eigenvalue weighted by atomic mass is 10.2. The molecule has 5 nitrogen and oxygen atoms in total. The average Bonchev–Trinajstić information content (AvgIpc) is 2.74. The molecule has 1 saturated heterocycles. The van der Waals surface area contributed by atoms with Crippen LogP contribution >= 0.6 is 24.8 Å². The van der Waals surface area contributed by atoms with E-state index in [0.29, 0.717) is 19.5 Å². The molecule has 0 saturated carbocycles. The molecule has 7 heteroatoms. The Bertz CT molecular complexity index is 245. The molecule has 0 radical (unpaired) electrons. The lowest BCUT2D eigenvalue weighted by Crippen LogP contribution is -2.43. The highest BCUT2D eigenvalue weighted by atomic mass is 35.5. The van der Waals surface area contributed by atoms with Crippen molar-refractivity contribution < 1.29 is 9.90 Å². The van der Waals surface area contributed by atoms with E-state index in [-0.39, 0.29) is 42.9 Å². The molecule has 0 aliphatic carbocycles. The van der Waals surface area contributed by atoms with E-state index in [1.165, 1.54) is 0 Å². The molecule has 1 heterocycles. The number of rotatable bonds is 7. The Morgan fingerprint density at radius 2 is 2.05 bits per heavy atom. The number of hydrogen-bond donors (Lipinski definition) is 3. The van der Waals surface area contributed by atoms with Crippen LogP contribution in [-0.4, -0.2) is 60.8 Å². The Morgan fingerprint density at radius 1 is 1.37 bits per heavy atom. The van der Waals surface area contributed by atoms with Crippen LogP contribution in [0.4, 0.5) is 0 Å². The van der Waals surface area contributed by atoms with Gasteiger partial charge in [0.1, 0.15) is 0 Å². The number of nitrogens with zero attached hydrogens (tertiary/aromatic N) is 1. The topological polar surface area (TPSA) is 64.6 Å². The molecule has 1 aliphatic rings. The minimum atomic E-state index is -0.377. The normalized spacial score (nSPS) is 21.7. The molecule has 2 atom stereocenters. The standard InChI is InChI=1S/C12H25N3O2.2ClH/c1-3-6-15(4-2)7-5-13-12(17)11-8-10(16)9-14-11;;/h10-11,14,16H,3-9H2,1-2H3,(H,13,17);2*1H. The fourth-order valence-corrected chi connectivity index (χ4v) is 2.12. The molecule has 1 amide bonds. The highest BCUT2D eigenvalue weighted by Gasteiger charge is 2.27. The maximum atomic E-state index is 11.7. The first-order chi connectivity index (χ1) is 8.17. The van der Waals surface area contributed by atoms with Crippen molar-refractivity contribution in [3.05, 3.63) is 0 Å². The number of likely N-dealkylation sites (N-methyl/N-ethyl adjacent to an activating group) is 1. The van der Waals surface area contributed by atoms with Gasteiger partial charge in [0.05, 0.1) is 12.1 Å². The quantitative estimate of drug-likeness (QED) is 0.636. The molecule has 1 fully saturated rings. The van der Waals surface area contributed by atoms with Crippen molar-refractivity contribution in [1.82, 2.24) is 15.5 Å². The fourth-order valence-electron chi connectivity index (χ4n) is 2.12. The highest BCUT2D eigenvalue weighted by molar-refractivity contribution is 5.85. The van der Waals surface area contributed by atoms with Gasteiger partial charge in [-0.1, -0.05) is 13.8 Å². The van der Waals surface area contributed by atoms with Crippen LogP contribution in [0, 0.1) is 0 Å². The number of aliphatic hydroxyl groups excluding tert-OH is 1. The summed E-state index contributed by atoms with van der Waals surface area (Å²) in [4.78, 5) is 14.0. The maximum Gasteiger partial charge on any atom is 0.237 e. The first kappa shape index (κ1) is 21.2. The number of halogens is 2. The van der Waals surface area contributed by atoms with Crippen LogP contribution in [-0.2, 0) is 4.79 Å². The van der Waals surface area contributed by atoms with Gasteiger partial charge in [-0.2, -0.15) is 0 Å². The minimum Gasteiger partial charge on any atom is -0.392 e. The van der Waals surface area contributed by atoms with Crippen LogP contribution < -0.4 is 10.6 Å². The van der Waals surface area contributed by atoms with E-state index in [1.807, 2.05) is 0 Å². The second-order valence-electron chi connectivity index (χ2n) is 4.58. The third kappa shape index (κ3) is 7.95. The first-order valence-electron chi connectivity index (χ1n) is 6.58. The van der Waals surface area contributed by atoms with E-state index in [4.69, 9.17) is 0 Å². The van der Waals surface area contributed by atoms with Crippen LogP contribution in [0.25, 0.3) is 0 Å². The summed E-state index contributed by atoms with van der Waals surface area (Å²) < 4.78 is 0. The third-order valence-electron chi connectivity index (χ3n) is 3.14. The number of carbonyl (C=O) groups is 1. The molecule has 0 spiro atoms. The average molecular weight is 316 g/mol. The molecule has 1 aliphatic heterocycles. The van der Waals surface area contributed by atoms with E-state index in [9.17, 15) is 9.90 Å². The van der Waals surface area contributed by atoms with Crippen LogP contribution in [0.3, 0.4) is 0 Å². The van der Waals surface area contributed by atoms with Gasteiger partial charge in [-0.15, -0.1) is 24.8 Å². The molecule has 0 aromatic carbocycles. The lowest BCUT2D eigenvalue weighted by Gasteiger charge is -2.20. The van der Waals surface area contributed by atoms with E-state index in [1.54, 1.807) is 0 Å². The van der Waals surface area contributed by atoms with Gasteiger partial charge >= 0.3 is 0 Å². The Morgan fingerprint density at radius 3 is 2.53 bits per heavy atom. The van der Waals surface area contributed by atoms with Gasteiger partial charge < -0.3 is 20.6 Å². The molecule has 19 heavy (non-hydrogen) atoms. The zero-order valence-electron chi connectivity index (χ0n) is 11.7. The van der Waals surface area contributed by atoms with Gasteiger partial charge in [0.15, 0.2) is 0 Å². The second-order valence-corrected chi connectivity index (χ2v) is 4.58. The summed E-state index contributed by atoms with van der Waals surface area (Å²) in [6, 6.07) is -0.216. The van der Waals surface area contributed by atoms with E-state index in [2.05, 4.69) is 29.4 Å². The molecular weight excluding hydrogens is 289 g/mol. The number of carbonyl (C=O) groups excluding carboxylic acids is 1. The number of hydrogen-bond acceptors (Lipinski definition) is 4. The smallest absolute Gasteiger partial charge is 0.237 e. The van der Waals surface area contributed by atoms with Gasteiger partial charge in [-0.25, -0.2) is 0 Å². The van der Waals surface area contributed by atoms with E-state index >= 15 is 0 Å². The van der Waals surface area contributed by atoms with Crippen molar-refractivity contribution in [3.8, 4) is 0 Å². The fraction of sp³-hybridized carbons (Fsp3) is 0.917. The summed E-state index contributed by atoms with van der Waals surface area (Å²) in [5.74, 6) is 0.00843. The third-order valence-corrected chi connectivity index (χ3v) is 3.14. The molecule has 3 N–H and O–H groups in total. The van der Waals surface area contributed by atoms with Crippen LogP contribution in [0.1, 0.15) is 26.7 Å². The van der Waals surface area contributed by atoms with E-state index in [0.717, 1.165) is 26.1 Å². The zero-order valence-corrected chi connectivity index (χ0v) is 13.4. The largest absolute Gasteiger partial charge is 0.392 e. The van der Waals surface area contributed by atoms with Crippen LogP contribution in [0.5, 0.6) is 0 Å². The van der Waals surface area contributed by atoms with Crippen molar-refractivity contribution in [3.63, 3.8) is 0 Å². The molecule has 1 rings (SSSR count).